The van der Waals surface area contributed by atoms with Crippen LogP contribution in [0.1, 0.15) is 12.5 Å². The number of carbonyl (C=O) groups excluding carboxylic acids is 1. The fourth-order valence-electron chi connectivity index (χ4n) is 1.58. The van der Waals surface area contributed by atoms with Crippen LogP contribution in [0.5, 0.6) is 5.75 Å². The number of carbonyl (C=O) groups is 1. The molecular formula is C15H14ClNO2. The summed E-state index contributed by atoms with van der Waals surface area (Å²) in [6.07, 6.45) is 0.446. The molecule has 0 aliphatic carbocycles. The average Bonchev–Trinajstić information content (AvgIpc) is 2.42. The molecule has 0 saturated carbocycles. The molecule has 4 heteroatoms. The van der Waals surface area contributed by atoms with Gasteiger partial charge in [0.05, 0.1) is 0 Å². The zero-order chi connectivity index (χ0) is 13.7. The van der Waals surface area contributed by atoms with E-state index in [2.05, 4.69) is 12.2 Å². The van der Waals surface area contributed by atoms with Crippen molar-refractivity contribution < 1.29 is 9.53 Å². The lowest BCUT2D eigenvalue weighted by Crippen LogP contribution is -2.16. The number of ether oxygens (including phenoxy) is 1. The lowest BCUT2D eigenvalue weighted by molar-refractivity contribution is 0.215. The Kier molecular flexibility index (Phi) is 4.42. The Morgan fingerprint density at radius 1 is 1.11 bits per heavy atom. The SMILES string of the molecule is CCc1ccc(NC(=O)Oc2ccc(Cl)cc2)cc1. The summed E-state index contributed by atoms with van der Waals surface area (Å²) in [5.74, 6) is 0.451. The first kappa shape index (κ1) is 13.4. The number of hydrogen-bond acceptors (Lipinski definition) is 2. The van der Waals surface area contributed by atoms with Crippen LogP contribution in [-0.4, -0.2) is 6.09 Å². The predicted octanol–water partition coefficient (Wildman–Crippen LogP) is 4.51. The molecule has 2 aromatic rings. The number of halogens is 1. The Morgan fingerprint density at radius 3 is 2.32 bits per heavy atom. The van der Waals surface area contributed by atoms with E-state index in [1.807, 2.05) is 24.3 Å². The van der Waals surface area contributed by atoms with Gasteiger partial charge in [-0.3, -0.25) is 5.32 Å². The first-order chi connectivity index (χ1) is 9.17. The van der Waals surface area contributed by atoms with Crippen LogP contribution in [0, 0.1) is 0 Å². The van der Waals surface area contributed by atoms with Crippen LogP contribution in [0.25, 0.3) is 0 Å². The Morgan fingerprint density at radius 2 is 1.74 bits per heavy atom. The van der Waals surface area contributed by atoms with E-state index in [0.29, 0.717) is 16.5 Å². The van der Waals surface area contributed by atoms with E-state index in [0.717, 1.165) is 6.42 Å². The van der Waals surface area contributed by atoms with E-state index in [1.54, 1.807) is 24.3 Å². The highest BCUT2D eigenvalue weighted by Crippen LogP contribution is 2.16. The monoisotopic (exact) mass is 275 g/mol. The Bertz CT molecular complexity index is 549. The van der Waals surface area contributed by atoms with Gasteiger partial charge in [-0.1, -0.05) is 30.7 Å². The van der Waals surface area contributed by atoms with Gasteiger partial charge in [-0.05, 0) is 48.4 Å². The molecule has 0 aliphatic heterocycles. The maximum Gasteiger partial charge on any atom is 0.417 e. The van der Waals surface area contributed by atoms with Crippen molar-refractivity contribution in [3.8, 4) is 5.75 Å². The van der Waals surface area contributed by atoms with E-state index in [9.17, 15) is 4.79 Å². The molecular weight excluding hydrogens is 262 g/mol. The highest BCUT2D eigenvalue weighted by Gasteiger charge is 2.04. The van der Waals surface area contributed by atoms with Crippen LogP contribution >= 0.6 is 11.6 Å². The van der Waals surface area contributed by atoms with Gasteiger partial charge < -0.3 is 4.74 Å². The minimum absolute atomic E-state index is 0.451. The molecule has 0 saturated heterocycles. The smallest absolute Gasteiger partial charge is 0.410 e. The van der Waals surface area contributed by atoms with Gasteiger partial charge in [0.2, 0.25) is 0 Å². The van der Waals surface area contributed by atoms with Gasteiger partial charge in [-0.15, -0.1) is 0 Å². The van der Waals surface area contributed by atoms with Crippen molar-refractivity contribution in [2.24, 2.45) is 0 Å². The first-order valence-corrected chi connectivity index (χ1v) is 6.38. The second-order valence-corrected chi connectivity index (χ2v) is 4.46. The number of anilines is 1. The molecule has 0 atom stereocenters. The minimum atomic E-state index is -0.522. The van der Waals surface area contributed by atoms with Crippen LogP contribution in [0.4, 0.5) is 10.5 Å². The fraction of sp³-hybridized carbons (Fsp3) is 0.133. The Labute approximate surface area is 117 Å². The van der Waals surface area contributed by atoms with Gasteiger partial charge in [0.1, 0.15) is 5.75 Å². The Hall–Kier alpha value is -2.00. The predicted molar refractivity (Wildman–Crippen MR) is 76.9 cm³/mol. The maximum atomic E-state index is 11.7. The molecule has 0 spiro atoms. The molecule has 0 bridgehead atoms. The summed E-state index contributed by atoms with van der Waals surface area (Å²) in [7, 11) is 0. The molecule has 98 valence electrons. The lowest BCUT2D eigenvalue weighted by atomic mass is 10.1. The molecule has 1 N–H and O–H groups in total. The molecule has 0 radical (unpaired) electrons. The van der Waals surface area contributed by atoms with Crippen LogP contribution in [0.2, 0.25) is 5.02 Å². The number of rotatable bonds is 3. The number of amides is 1. The van der Waals surface area contributed by atoms with Crippen molar-refractivity contribution in [3.05, 3.63) is 59.1 Å². The molecule has 0 heterocycles. The third kappa shape index (κ3) is 4.00. The molecule has 0 unspecified atom stereocenters. The summed E-state index contributed by atoms with van der Waals surface area (Å²) in [6, 6.07) is 14.3. The minimum Gasteiger partial charge on any atom is -0.410 e. The molecule has 2 aromatic carbocycles. The summed E-state index contributed by atoms with van der Waals surface area (Å²) in [5, 5.41) is 3.26. The molecule has 0 fully saturated rings. The summed E-state index contributed by atoms with van der Waals surface area (Å²) < 4.78 is 5.12. The molecule has 3 nitrogen and oxygen atoms in total. The summed E-state index contributed by atoms with van der Waals surface area (Å²) in [6.45, 7) is 2.08. The summed E-state index contributed by atoms with van der Waals surface area (Å²) in [5.41, 5.74) is 1.92. The maximum absolute atomic E-state index is 11.7. The Balaban J connectivity index is 1.95. The highest BCUT2D eigenvalue weighted by molar-refractivity contribution is 6.30. The average molecular weight is 276 g/mol. The third-order valence-electron chi connectivity index (χ3n) is 2.63. The van der Waals surface area contributed by atoms with E-state index >= 15 is 0 Å². The van der Waals surface area contributed by atoms with Gasteiger partial charge >= 0.3 is 6.09 Å². The molecule has 2 rings (SSSR count). The lowest BCUT2D eigenvalue weighted by Gasteiger charge is -2.07. The third-order valence-corrected chi connectivity index (χ3v) is 2.88. The van der Waals surface area contributed by atoms with Gasteiger partial charge in [0, 0.05) is 10.7 Å². The number of hydrogen-bond donors (Lipinski definition) is 1. The largest absolute Gasteiger partial charge is 0.417 e. The van der Waals surface area contributed by atoms with Crippen molar-refractivity contribution >= 4 is 23.4 Å². The highest BCUT2D eigenvalue weighted by atomic mass is 35.5. The normalized spacial score (nSPS) is 10.0. The van der Waals surface area contributed by atoms with Gasteiger partial charge in [-0.2, -0.15) is 0 Å². The van der Waals surface area contributed by atoms with Gasteiger partial charge in [0.25, 0.3) is 0 Å². The zero-order valence-electron chi connectivity index (χ0n) is 10.5. The summed E-state index contributed by atoms with van der Waals surface area (Å²) in [4.78, 5) is 11.7. The molecule has 1 amide bonds. The number of nitrogens with one attached hydrogen (secondary N) is 1. The van der Waals surface area contributed by atoms with E-state index in [4.69, 9.17) is 16.3 Å². The standard InChI is InChI=1S/C15H14ClNO2/c1-2-11-3-7-13(8-4-11)17-15(18)19-14-9-5-12(16)6-10-14/h3-10H,2H2,1H3,(H,17,18). The van der Waals surface area contributed by atoms with Crippen molar-refractivity contribution in [1.29, 1.82) is 0 Å². The van der Waals surface area contributed by atoms with Crippen molar-refractivity contribution in [3.63, 3.8) is 0 Å². The second kappa shape index (κ2) is 6.25. The van der Waals surface area contributed by atoms with E-state index in [1.165, 1.54) is 5.56 Å². The molecule has 19 heavy (non-hydrogen) atoms. The molecule has 0 aliphatic rings. The number of benzene rings is 2. The van der Waals surface area contributed by atoms with Crippen LogP contribution in [-0.2, 0) is 6.42 Å². The molecule has 0 aromatic heterocycles. The second-order valence-electron chi connectivity index (χ2n) is 4.02. The zero-order valence-corrected chi connectivity index (χ0v) is 11.3. The van der Waals surface area contributed by atoms with Crippen LogP contribution in [0.15, 0.2) is 48.5 Å². The van der Waals surface area contributed by atoms with Crippen LogP contribution in [0.3, 0.4) is 0 Å². The van der Waals surface area contributed by atoms with E-state index < -0.39 is 6.09 Å². The van der Waals surface area contributed by atoms with Gasteiger partial charge in [-0.25, -0.2) is 4.79 Å². The summed E-state index contributed by atoms with van der Waals surface area (Å²) >= 11 is 5.75. The quantitative estimate of drug-likeness (QED) is 0.895. The van der Waals surface area contributed by atoms with Crippen molar-refractivity contribution in [1.82, 2.24) is 0 Å². The van der Waals surface area contributed by atoms with Crippen molar-refractivity contribution in [2.45, 2.75) is 13.3 Å². The van der Waals surface area contributed by atoms with Crippen molar-refractivity contribution in [2.75, 3.05) is 5.32 Å². The fourth-order valence-corrected chi connectivity index (χ4v) is 1.70. The first-order valence-electron chi connectivity index (χ1n) is 6.00. The van der Waals surface area contributed by atoms with Crippen LogP contribution < -0.4 is 10.1 Å². The number of aryl methyl sites for hydroxylation is 1. The van der Waals surface area contributed by atoms with E-state index in [-0.39, 0.29) is 0 Å². The topological polar surface area (TPSA) is 38.3 Å². The van der Waals surface area contributed by atoms with Gasteiger partial charge in [0.15, 0.2) is 0 Å².